The molecule has 1 aliphatic heterocycles. The van der Waals surface area contributed by atoms with Crippen molar-refractivity contribution in [3.8, 4) is 5.75 Å². The highest BCUT2D eigenvalue weighted by atomic mass is 35.5. The molecule has 0 amide bonds. The third kappa shape index (κ3) is 3.46. The predicted octanol–water partition coefficient (Wildman–Crippen LogP) is 1.78. The van der Waals surface area contributed by atoms with Crippen LogP contribution in [0, 0.1) is 0 Å². The van der Waals surface area contributed by atoms with Crippen LogP contribution in [0.4, 0.5) is 11.6 Å². The maximum Gasteiger partial charge on any atom is 0.153 e. The molecule has 0 radical (unpaired) electrons. The van der Waals surface area contributed by atoms with Gasteiger partial charge in [0.15, 0.2) is 5.82 Å². The van der Waals surface area contributed by atoms with Gasteiger partial charge in [-0.25, -0.2) is 9.97 Å². The Bertz CT molecular complexity index is 658. The van der Waals surface area contributed by atoms with E-state index >= 15 is 0 Å². The molecule has 2 atom stereocenters. The molecule has 7 nitrogen and oxygen atoms in total. The molecule has 1 fully saturated rings. The van der Waals surface area contributed by atoms with Crippen LogP contribution in [0.3, 0.4) is 0 Å². The molecule has 0 saturated carbocycles. The van der Waals surface area contributed by atoms with Gasteiger partial charge in [0.1, 0.15) is 29.5 Å². The van der Waals surface area contributed by atoms with E-state index in [0.29, 0.717) is 24.0 Å². The van der Waals surface area contributed by atoms with Crippen molar-refractivity contribution in [1.82, 2.24) is 15.0 Å². The molecule has 2 aromatic rings. The summed E-state index contributed by atoms with van der Waals surface area (Å²) in [5, 5.41) is 0.357. The molecule has 0 aliphatic carbocycles. The number of pyridine rings is 1. The summed E-state index contributed by atoms with van der Waals surface area (Å²) in [5.41, 5.74) is 5.79. The van der Waals surface area contributed by atoms with E-state index in [1.54, 1.807) is 19.5 Å². The first-order valence-electron chi connectivity index (χ1n) is 7.27. The van der Waals surface area contributed by atoms with Crippen LogP contribution in [-0.2, 0) is 4.74 Å². The quantitative estimate of drug-likeness (QED) is 0.891. The summed E-state index contributed by atoms with van der Waals surface area (Å²) in [6.45, 7) is 1.15. The third-order valence-corrected chi connectivity index (χ3v) is 4.22. The molecule has 0 spiro atoms. The van der Waals surface area contributed by atoms with E-state index in [1.165, 1.54) is 6.33 Å². The molecule has 3 rings (SSSR count). The lowest BCUT2D eigenvalue weighted by molar-refractivity contribution is 0.115. The standard InChI is InChI=1S/C15H18ClN5O2/c1-22-12-5-10(8-23-11-3-2-4-18-6-11)21(7-12)15-13(16)14(17)19-9-20-15/h2-4,6,9-10,12H,5,7-8H2,1H3,(H2,17,19,20)/t10-,12+/m0/s1. The molecule has 0 bridgehead atoms. The summed E-state index contributed by atoms with van der Waals surface area (Å²) in [4.78, 5) is 14.3. The zero-order valence-electron chi connectivity index (χ0n) is 12.7. The van der Waals surface area contributed by atoms with Gasteiger partial charge in [-0.3, -0.25) is 4.98 Å². The summed E-state index contributed by atoms with van der Waals surface area (Å²) in [7, 11) is 1.70. The highest BCUT2D eigenvalue weighted by Gasteiger charge is 2.35. The van der Waals surface area contributed by atoms with Gasteiger partial charge >= 0.3 is 0 Å². The number of aromatic nitrogens is 3. The van der Waals surface area contributed by atoms with Crippen molar-refractivity contribution in [2.24, 2.45) is 0 Å². The molecule has 8 heteroatoms. The molecule has 2 N–H and O–H groups in total. The molecule has 23 heavy (non-hydrogen) atoms. The Kier molecular flexibility index (Phi) is 4.78. The number of halogens is 1. The second-order valence-corrected chi connectivity index (χ2v) is 5.67. The van der Waals surface area contributed by atoms with Crippen LogP contribution in [0.25, 0.3) is 0 Å². The number of nitrogens with two attached hydrogens (primary N) is 1. The Balaban J connectivity index is 1.77. The fourth-order valence-corrected chi connectivity index (χ4v) is 2.87. The average Bonchev–Trinajstić information content (AvgIpc) is 2.99. The van der Waals surface area contributed by atoms with E-state index in [-0.39, 0.29) is 18.0 Å². The number of rotatable bonds is 5. The van der Waals surface area contributed by atoms with Crippen LogP contribution in [0.15, 0.2) is 30.9 Å². The van der Waals surface area contributed by atoms with Crippen LogP contribution in [0.1, 0.15) is 6.42 Å². The predicted molar refractivity (Wildman–Crippen MR) is 87.7 cm³/mol. The monoisotopic (exact) mass is 335 g/mol. The average molecular weight is 336 g/mol. The Morgan fingerprint density at radius 2 is 2.30 bits per heavy atom. The van der Waals surface area contributed by atoms with Crippen molar-refractivity contribution in [2.45, 2.75) is 18.6 Å². The van der Waals surface area contributed by atoms with E-state index < -0.39 is 0 Å². The molecule has 2 aromatic heterocycles. The summed E-state index contributed by atoms with van der Waals surface area (Å²) in [5.74, 6) is 1.60. The lowest BCUT2D eigenvalue weighted by atomic mass is 10.2. The molecule has 1 saturated heterocycles. The van der Waals surface area contributed by atoms with Crippen molar-refractivity contribution in [2.75, 3.05) is 30.9 Å². The van der Waals surface area contributed by atoms with Crippen molar-refractivity contribution in [1.29, 1.82) is 0 Å². The van der Waals surface area contributed by atoms with Crippen LogP contribution in [0.5, 0.6) is 5.75 Å². The van der Waals surface area contributed by atoms with E-state index in [0.717, 1.165) is 12.2 Å². The highest BCUT2D eigenvalue weighted by molar-refractivity contribution is 6.35. The minimum absolute atomic E-state index is 0.0759. The second kappa shape index (κ2) is 6.97. The highest BCUT2D eigenvalue weighted by Crippen LogP contribution is 2.33. The van der Waals surface area contributed by atoms with Gasteiger partial charge in [-0.05, 0) is 18.6 Å². The smallest absolute Gasteiger partial charge is 0.153 e. The fraction of sp³-hybridized carbons (Fsp3) is 0.400. The zero-order valence-corrected chi connectivity index (χ0v) is 13.5. The van der Waals surface area contributed by atoms with Gasteiger partial charge in [0.05, 0.1) is 18.3 Å². The molecule has 3 heterocycles. The lowest BCUT2D eigenvalue weighted by Gasteiger charge is -2.26. The summed E-state index contributed by atoms with van der Waals surface area (Å²) < 4.78 is 11.3. The van der Waals surface area contributed by atoms with Crippen LogP contribution in [-0.4, -0.2) is 47.4 Å². The lowest BCUT2D eigenvalue weighted by Crippen LogP contribution is -2.35. The Morgan fingerprint density at radius 1 is 1.43 bits per heavy atom. The van der Waals surface area contributed by atoms with E-state index in [2.05, 4.69) is 19.9 Å². The van der Waals surface area contributed by atoms with Gasteiger partial charge in [0.2, 0.25) is 0 Å². The normalized spacial score (nSPS) is 20.7. The Morgan fingerprint density at radius 3 is 3.04 bits per heavy atom. The molecular weight excluding hydrogens is 318 g/mol. The SMILES string of the molecule is CO[C@@H]1C[C@@H](COc2cccnc2)N(c2ncnc(N)c2Cl)C1. The maximum absolute atomic E-state index is 6.26. The van der Waals surface area contributed by atoms with Gasteiger partial charge in [-0.2, -0.15) is 0 Å². The van der Waals surface area contributed by atoms with E-state index in [4.69, 9.17) is 26.8 Å². The van der Waals surface area contributed by atoms with Gasteiger partial charge in [-0.1, -0.05) is 11.6 Å². The fourth-order valence-electron chi connectivity index (χ4n) is 2.66. The number of methoxy groups -OCH3 is 1. The van der Waals surface area contributed by atoms with Crippen molar-refractivity contribution in [3.63, 3.8) is 0 Å². The van der Waals surface area contributed by atoms with Crippen molar-refractivity contribution >= 4 is 23.2 Å². The molecule has 0 unspecified atom stereocenters. The number of nitrogen functional groups attached to an aromatic ring is 1. The summed E-state index contributed by atoms with van der Waals surface area (Å²) in [6, 6.07) is 3.78. The Labute approximate surface area is 139 Å². The van der Waals surface area contributed by atoms with E-state index in [9.17, 15) is 0 Å². The summed E-state index contributed by atoms with van der Waals surface area (Å²) >= 11 is 6.26. The molecule has 122 valence electrons. The maximum atomic E-state index is 6.26. The van der Waals surface area contributed by atoms with Crippen molar-refractivity contribution in [3.05, 3.63) is 35.9 Å². The first-order chi connectivity index (χ1) is 11.2. The van der Waals surface area contributed by atoms with Crippen LogP contribution in [0.2, 0.25) is 5.02 Å². The minimum atomic E-state index is 0.0759. The van der Waals surface area contributed by atoms with Crippen molar-refractivity contribution < 1.29 is 9.47 Å². The number of ether oxygens (including phenoxy) is 2. The number of nitrogens with zero attached hydrogens (tertiary/aromatic N) is 4. The number of hydrogen-bond acceptors (Lipinski definition) is 7. The molecular formula is C15H18ClN5O2. The first-order valence-corrected chi connectivity index (χ1v) is 7.65. The van der Waals surface area contributed by atoms with Gasteiger partial charge in [-0.15, -0.1) is 0 Å². The number of hydrogen-bond donors (Lipinski definition) is 1. The van der Waals surface area contributed by atoms with Gasteiger partial charge in [0.25, 0.3) is 0 Å². The third-order valence-electron chi connectivity index (χ3n) is 3.86. The largest absolute Gasteiger partial charge is 0.490 e. The molecule has 1 aliphatic rings. The first kappa shape index (κ1) is 15.8. The minimum Gasteiger partial charge on any atom is -0.490 e. The van der Waals surface area contributed by atoms with Gasteiger partial charge in [0, 0.05) is 19.9 Å². The van der Waals surface area contributed by atoms with Gasteiger partial charge < -0.3 is 20.1 Å². The topological polar surface area (TPSA) is 86.4 Å². The molecule has 0 aromatic carbocycles. The second-order valence-electron chi connectivity index (χ2n) is 5.30. The van der Waals surface area contributed by atoms with Crippen LogP contribution >= 0.6 is 11.6 Å². The Hall–Kier alpha value is -2.12. The zero-order chi connectivity index (χ0) is 16.2. The summed E-state index contributed by atoms with van der Waals surface area (Å²) in [6.07, 6.45) is 5.71. The van der Waals surface area contributed by atoms with E-state index in [1.807, 2.05) is 12.1 Å². The number of anilines is 2. The van der Waals surface area contributed by atoms with Crippen LogP contribution < -0.4 is 15.4 Å².